The molecular weight excluding hydrogens is 198 g/mol. The van der Waals surface area contributed by atoms with Crippen LogP contribution >= 0.6 is 0 Å². The topological polar surface area (TPSA) is 21.3 Å². The second-order valence-electron chi connectivity index (χ2n) is 5.99. The zero-order valence-corrected chi connectivity index (χ0v) is 11.1. The maximum atomic E-state index is 5.97. The van der Waals surface area contributed by atoms with Crippen molar-refractivity contribution in [1.82, 2.24) is 5.32 Å². The molecular formula is C14H27NO. The summed E-state index contributed by atoms with van der Waals surface area (Å²) in [5, 5.41) is 3.88. The predicted octanol–water partition coefficient (Wildman–Crippen LogP) is 3.26. The van der Waals surface area contributed by atoms with Crippen molar-refractivity contribution in [3.8, 4) is 0 Å². The lowest BCUT2D eigenvalue weighted by Crippen LogP contribution is -2.55. The number of nitrogens with one attached hydrogen (secondary N) is 1. The standard InChI is InChI=1S/C14H27NO/c1-4-13(3,5-2)15-12-7-10-16-14(11-12)8-6-9-14/h12,15H,4-11H2,1-3H3. The molecule has 0 aromatic heterocycles. The van der Waals surface area contributed by atoms with E-state index in [2.05, 4.69) is 26.1 Å². The zero-order valence-electron chi connectivity index (χ0n) is 11.1. The number of rotatable bonds is 4. The Kier molecular flexibility index (Phi) is 3.60. The summed E-state index contributed by atoms with van der Waals surface area (Å²) in [7, 11) is 0. The average molecular weight is 225 g/mol. The van der Waals surface area contributed by atoms with Crippen LogP contribution < -0.4 is 5.32 Å². The van der Waals surface area contributed by atoms with Crippen LogP contribution in [0.1, 0.15) is 65.7 Å². The third-order valence-corrected chi connectivity index (χ3v) is 4.87. The molecule has 0 aromatic rings. The first kappa shape index (κ1) is 12.4. The van der Waals surface area contributed by atoms with E-state index in [1.807, 2.05) is 0 Å². The summed E-state index contributed by atoms with van der Waals surface area (Å²) in [4.78, 5) is 0. The van der Waals surface area contributed by atoms with Gasteiger partial charge in [-0.05, 0) is 51.9 Å². The minimum atomic E-state index is 0.276. The number of ether oxygens (including phenoxy) is 1. The van der Waals surface area contributed by atoms with E-state index in [0.29, 0.717) is 11.6 Å². The van der Waals surface area contributed by atoms with Crippen molar-refractivity contribution in [2.24, 2.45) is 0 Å². The van der Waals surface area contributed by atoms with Crippen molar-refractivity contribution >= 4 is 0 Å². The van der Waals surface area contributed by atoms with Gasteiger partial charge in [-0.2, -0.15) is 0 Å². The van der Waals surface area contributed by atoms with E-state index in [1.54, 1.807) is 0 Å². The lowest BCUT2D eigenvalue weighted by atomic mass is 9.73. The molecule has 1 saturated heterocycles. The Morgan fingerprint density at radius 1 is 1.31 bits per heavy atom. The minimum Gasteiger partial charge on any atom is -0.375 e. The average Bonchev–Trinajstić information content (AvgIpc) is 2.27. The molecule has 16 heavy (non-hydrogen) atoms. The molecule has 2 fully saturated rings. The van der Waals surface area contributed by atoms with Gasteiger partial charge in [-0.15, -0.1) is 0 Å². The summed E-state index contributed by atoms with van der Waals surface area (Å²) in [5.74, 6) is 0. The zero-order chi connectivity index (χ0) is 11.6. The van der Waals surface area contributed by atoms with E-state index >= 15 is 0 Å². The highest BCUT2D eigenvalue weighted by molar-refractivity contribution is 4.98. The molecule has 0 radical (unpaired) electrons. The molecule has 0 aromatic carbocycles. The lowest BCUT2D eigenvalue weighted by Gasteiger charge is -2.49. The number of hydrogen-bond donors (Lipinski definition) is 1. The Labute approximate surface area is 100 Å². The van der Waals surface area contributed by atoms with E-state index in [9.17, 15) is 0 Å². The fraction of sp³-hybridized carbons (Fsp3) is 1.00. The van der Waals surface area contributed by atoms with Crippen LogP contribution in [0, 0.1) is 0 Å². The molecule has 1 heterocycles. The molecule has 2 aliphatic rings. The van der Waals surface area contributed by atoms with Crippen LogP contribution in [0.3, 0.4) is 0 Å². The molecule has 0 bridgehead atoms. The molecule has 1 unspecified atom stereocenters. The van der Waals surface area contributed by atoms with Gasteiger partial charge in [0.1, 0.15) is 0 Å². The molecule has 0 amide bonds. The fourth-order valence-electron chi connectivity index (χ4n) is 3.02. The largest absolute Gasteiger partial charge is 0.375 e. The maximum absolute atomic E-state index is 5.97. The second kappa shape index (κ2) is 4.66. The summed E-state index contributed by atoms with van der Waals surface area (Å²) in [6.45, 7) is 7.89. The van der Waals surface area contributed by atoms with Gasteiger partial charge in [-0.25, -0.2) is 0 Å². The van der Waals surface area contributed by atoms with Gasteiger partial charge in [-0.3, -0.25) is 0 Å². The van der Waals surface area contributed by atoms with Gasteiger partial charge in [0.2, 0.25) is 0 Å². The highest BCUT2D eigenvalue weighted by atomic mass is 16.5. The van der Waals surface area contributed by atoms with E-state index in [-0.39, 0.29) is 5.60 Å². The molecule has 1 atom stereocenters. The van der Waals surface area contributed by atoms with Crippen LogP contribution in [-0.2, 0) is 4.74 Å². The molecule has 94 valence electrons. The SMILES string of the molecule is CCC(C)(CC)NC1CCOC2(CCC2)C1. The summed E-state index contributed by atoms with van der Waals surface area (Å²) in [5.41, 5.74) is 0.602. The van der Waals surface area contributed by atoms with Crippen LogP contribution in [-0.4, -0.2) is 23.8 Å². The Balaban J connectivity index is 1.89. The molecule has 1 aliphatic carbocycles. The van der Waals surface area contributed by atoms with Gasteiger partial charge in [0.05, 0.1) is 5.60 Å². The molecule has 1 saturated carbocycles. The van der Waals surface area contributed by atoms with Crippen molar-refractivity contribution in [3.05, 3.63) is 0 Å². The second-order valence-corrected chi connectivity index (χ2v) is 5.99. The Bertz CT molecular complexity index is 231. The van der Waals surface area contributed by atoms with Gasteiger partial charge < -0.3 is 10.1 Å². The van der Waals surface area contributed by atoms with Crippen molar-refractivity contribution in [1.29, 1.82) is 0 Å². The van der Waals surface area contributed by atoms with Crippen molar-refractivity contribution in [2.45, 2.75) is 82.9 Å². The van der Waals surface area contributed by atoms with Crippen LogP contribution in [0.15, 0.2) is 0 Å². The summed E-state index contributed by atoms with van der Waals surface area (Å²) < 4.78 is 5.97. The van der Waals surface area contributed by atoms with Crippen molar-refractivity contribution in [2.75, 3.05) is 6.61 Å². The van der Waals surface area contributed by atoms with Crippen molar-refractivity contribution in [3.63, 3.8) is 0 Å². The monoisotopic (exact) mass is 225 g/mol. The van der Waals surface area contributed by atoms with E-state index < -0.39 is 0 Å². The third-order valence-electron chi connectivity index (χ3n) is 4.87. The predicted molar refractivity (Wildman–Crippen MR) is 67.7 cm³/mol. The first-order valence-electron chi connectivity index (χ1n) is 7.03. The van der Waals surface area contributed by atoms with Gasteiger partial charge in [-0.1, -0.05) is 13.8 Å². The van der Waals surface area contributed by atoms with Crippen LogP contribution in [0.25, 0.3) is 0 Å². The molecule has 2 nitrogen and oxygen atoms in total. The minimum absolute atomic E-state index is 0.276. The smallest absolute Gasteiger partial charge is 0.0697 e. The van der Waals surface area contributed by atoms with Crippen LogP contribution in [0.4, 0.5) is 0 Å². The molecule has 2 heteroatoms. The maximum Gasteiger partial charge on any atom is 0.0697 e. The van der Waals surface area contributed by atoms with Crippen molar-refractivity contribution < 1.29 is 4.74 Å². The summed E-state index contributed by atoms with van der Waals surface area (Å²) in [6, 6.07) is 0.680. The Hall–Kier alpha value is -0.0800. The van der Waals surface area contributed by atoms with E-state index in [4.69, 9.17) is 4.74 Å². The first-order chi connectivity index (χ1) is 7.61. The number of hydrogen-bond acceptors (Lipinski definition) is 2. The van der Waals surface area contributed by atoms with Gasteiger partial charge in [0.15, 0.2) is 0 Å². The summed E-state index contributed by atoms with van der Waals surface area (Å²) >= 11 is 0. The lowest BCUT2D eigenvalue weighted by molar-refractivity contribution is -0.137. The highest BCUT2D eigenvalue weighted by Gasteiger charge is 2.43. The normalized spacial score (nSPS) is 29.1. The van der Waals surface area contributed by atoms with E-state index in [0.717, 1.165) is 6.61 Å². The Morgan fingerprint density at radius 2 is 2.00 bits per heavy atom. The Morgan fingerprint density at radius 3 is 2.50 bits per heavy atom. The highest BCUT2D eigenvalue weighted by Crippen LogP contribution is 2.42. The third kappa shape index (κ3) is 2.43. The molecule has 1 N–H and O–H groups in total. The fourth-order valence-corrected chi connectivity index (χ4v) is 3.02. The van der Waals surface area contributed by atoms with Crippen LogP contribution in [0.2, 0.25) is 0 Å². The summed E-state index contributed by atoms with van der Waals surface area (Å²) in [6.07, 6.45) is 8.81. The quantitative estimate of drug-likeness (QED) is 0.793. The van der Waals surface area contributed by atoms with Crippen LogP contribution in [0.5, 0.6) is 0 Å². The molecule has 2 rings (SSSR count). The molecule has 1 aliphatic heterocycles. The van der Waals surface area contributed by atoms with Gasteiger partial charge in [0.25, 0.3) is 0 Å². The van der Waals surface area contributed by atoms with E-state index in [1.165, 1.54) is 44.9 Å². The van der Waals surface area contributed by atoms with Gasteiger partial charge in [0, 0.05) is 18.2 Å². The molecule has 1 spiro atoms. The first-order valence-corrected chi connectivity index (χ1v) is 7.03. The van der Waals surface area contributed by atoms with Gasteiger partial charge >= 0.3 is 0 Å².